The van der Waals surface area contributed by atoms with Gasteiger partial charge in [-0.3, -0.25) is 4.79 Å². The Bertz CT molecular complexity index is 588. The zero-order valence-electron chi connectivity index (χ0n) is 13.1. The Morgan fingerprint density at radius 3 is 2.50 bits per heavy atom. The van der Waals surface area contributed by atoms with Crippen LogP contribution < -0.4 is 5.32 Å². The van der Waals surface area contributed by atoms with Gasteiger partial charge in [0, 0.05) is 5.56 Å². The predicted molar refractivity (Wildman–Crippen MR) is 83.8 cm³/mol. The molecule has 0 aliphatic heterocycles. The first-order valence-corrected chi connectivity index (χ1v) is 8.17. The highest BCUT2D eigenvalue weighted by Crippen LogP contribution is 2.30. The molecule has 1 aromatic rings. The Hall–Kier alpha value is -1.84. The van der Waals surface area contributed by atoms with E-state index < -0.39 is 5.54 Å². The Morgan fingerprint density at radius 2 is 1.77 bits per heavy atom. The third kappa shape index (κ3) is 2.74. The molecule has 1 N–H and O–H groups in total. The molecule has 1 saturated carbocycles. The number of ether oxygens (including phenoxy) is 1. The van der Waals surface area contributed by atoms with Crippen molar-refractivity contribution in [3.63, 3.8) is 0 Å². The normalized spacial score (nSPS) is 19.3. The molecule has 1 fully saturated rings. The fraction of sp³-hybridized carbons (Fsp3) is 0.556. The lowest BCUT2D eigenvalue weighted by atomic mass is 9.81. The Kier molecular flexibility index (Phi) is 4.19. The highest BCUT2D eigenvalue weighted by Gasteiger charge is 2.42. The summed E-state index contributed by atoms with van der Waals surface area (Å²) in [6.07, 6.45) is 7.62. The molecule has 0 unspecified atom stereocenters. The maximum atomic E-state index is 12.6. The Labute approximate surface area is 131 Å². The number of nitrogens with one attached hydrogen (secondary N) is 1. The third-order valence-corrected chi connectivity index (χ3v) is 5.00. The van der Waals surface area contributed by atoms with Crippen LogP contribution in [0.5, 0.6) is 0 Å². The molecule has 22 heavy (non-hydrogen) atoms. The van der Waals surface area contributed by atoms with E-state index in [0.29, 0.717) is 18.4 Å². The number of fused-ring (bicyclic) bond motifs is 1. The van der Waals surface area contributed by atoms with Gasteiger partial charge in [0.2, 0.25) is 0 Å². The summed E-state index contributed by atoms with van der Waals surface area (Å²) in [5, 5.41) is 2.98. The maximum absolute atomic E-state index is 12.6. The molecule has 1 amide bonds. The van der Waals surface area contributed by atoms with E-state index in [-0.39, 0.29) is 11.9 Å². The molecule has 1 aromatic carbocycles. The second-order valence-electron chi connectivity index (χ2n) is 6.43. The number of amides is 1. The summed E-state index contributed by atoms with van der Waals surface area (Å²) >= 11 is 0. The van der Waals surface area contributed by atoms with E-state index in [1.54, 1.807) is 0 Å². The van der Waals surface area contributed by atoms with Crippen LogP contribution in [0.1, 0.15) is 60.0 Å². The minimum Gasteiger partial charge on any atom is -0.467 e. The van der Waals surface area contributed by atoms with Gasteiger partial charge in [0.1, 0.15) is 5.54 Å². The number of esters is 1. The van der Waals surface area contributed by atoms with Crippen molar-refractivity contribution < 1.29 is 14.3 Å². The zero-order chi connectivity index (χ0) is 15.6. The first-order valence-electron chi connectivity index (χ1n) is 8.17. The summed E-state index contributed by atoms with van der Waals surface area (Å²) in [5.74, 6) is -0.483. The van der Waals surface area contributed by atoms with Gasteiger partial charge in [0.05, 0.1) is 7.11 Å². The first kappa shape index (κ1) is 15.1. The lowest BCUT2D eigenvalue weighted by molar-refractivity contribution is -0.149. The molecule has 0 spiro atoms. The van der Waals surface area contributed by atoms with Crippen molar-refractivity contribution in [3.05, 3.63) is 34.9 Å². The topological polar surface area (TPSA) is 55.4 Å². The molecule has 3 rings (SSSR count). The lowest BCUT2D eigenvalue weighted by Crippen LogP contribution is -2.56. The van der Waals surface area contributed by atoms with Crippen molar-refractivity contribution in [1.82, 2.24) is 5.32 Å². The molecular formula is C18H23NO3. The smallest absolute Gasteiger partial charge is 0.331 e. The van der Waals surface area contributed by atoms with Gasteiger partial charge >= 0.3 is 5.97 Å². The van der Waals surface area contributed by atoms with Crippen LogP contribution in [0.3, 0.4) is 0 Å². The predicted octanol–water partition coefficient (Wildman–Crippen LogP) is 2.78. The second-order valence-corrected chi connectivity index (χ2v) is 6.43. The van der Waals surface area contributed by atoms with Crippen molar-refractivity contribution in [1.29, 1.82) is 0 Å². The molecule has 0 saturated heterocycles. The largest absolute Gasteiger partial charge is 0.467 e. The number of carbonyl (C=O) groups is 2. The van der Waals surface area contributed by atoms with Gasteiger partial charge < -0.3 is 10.1 Å². The molecule has 2 aliphatic carbocycles. The fourth-order valence-electron chi connectivity index (χ4n) is 3.73. The molecule has 0 aromatic heterocycles. The van der Waals surface area contributed by atoms with Crippen LogP contribution in [-0.4, -0.2) is 24.5 Å². The van der Waals surface area contributed by atoms with Crippen molar-refractivity contribution in [2.24, 2.45) is 0 Å². The minimum absolute atomic E-state index is 0.165. The summed E-state index contributed by atoms with van der Waals surface area (Å²) in [6, 6.07) is 5.89. The Morgan fingerprint density at radius 1 is 1.05 bits per heavy atom. The van der Waals surface area contributed by atoms with E-state index in [4.69, 9.17) is 4.74 Å². The quantitative estimate of drug-likeness (QED) is 0.873. The van der Waals surface area contributed by atoms with E-state index in [2.05, 4.69) is 5.32 Å². The number of methoxy groups -OCH3 is 1. The van der Waals surface area contributed by atoms with Crippen molar-refractivity contribution in [2.45, 2.75) is 56.9 Å². The van der Waals surface area contributed by atoms with Crippen molar-refractivity contribution >= 4 is 11.9 Å². The van der Waals surface area contributed by atoms with Gasteiger partial charge in [-0.2, -0.15) is 0 Å². The van der Waals surface area contributed by atoms with Gasteiger partial charge in [-0.25, -0.2) is 4.79 Å². The number of rotatable bonds is 3. The fourth-order valence-corrected chi connectivity index (χ4v) is 3.73. The second kappa shape index (κ2) is 6.11. The highest BCUT2D eigenvalue weighted by molar-refractivity contribution is 5.98. The summed E-state index contributed by atoms with van der Waals surface area (Å²) in [4.78, 5) is 24.8. The third-order valence-electron chi connectivity index (χ3n) is 5.00. The maximum Gasteiger partial charge on any atom is 0.331 e. The van der Waals surface area contributed by atoms with E-state index in [9.17, 15) is 9.59 Å². The zero-order valence-corrected chi connectivity index (χ0v) is 13.1. The van der Waals surface area contributed by atoms with Crippen LogP contribution in [-0.2, 0) is 22.4 Å². The van der Waals surface area contributed by atoms with E-state index in [1.165, 1.54) is 18.2 Å². The van der Waals surface area contributed by atoms with E-state index >= 15 is 0 Å². The van der Waals surface area contributed by atoms with Crippen LogP contribution in [0.2, 0.25) is 0 Å². The van der Waals surface area contributed by atoms with E-state index in [1.807, 2.05) is 18.2 Å². The van der Waals surface area contributed by atoms with Crippen LogP contribution in [0.25, 0.3) is 0 Å². The number of hydrogen-bond donors (Lipinski definition) is 1. The SMILES string of the molecule is COC(=O)C1(NC(=O)c2ccc3c(c2)CCC3)CCCCC1. The van der Waals surface area contributed by atoms with Crippen LogP contribution in [0.4, 0.5) is 0 Å². The number of benzene rings is 1. The highest BCUT2D eigenvalue weighted by atomic mass is 16.5. The van der Waals surface area contributed by atoms with Crippen LogP contribution >= 0.6 is 0 Å². The summed E-state index contributed by atoms with van der Waals surface area (Å²) in [7, 11) is 1.39. The number of hydrogen-bond acceptors (Lipinski definition) is 3. The molecule has 0 radical (unpaired) electrons. The Balaban J connectivity index is 1.80. The average Bonchev–Trinajstić information content (AvgIpc) is 3.02. The molecule has 118 valence electrons. The van der Waals surface area contributed by atoms with Crippen molar-refractivity contribution in [3.8, 4) is 0 Å². The van der Waals surface area contributed by atoms with Gasteiger partial charge in [-0.15, -0.1) is 0 Å². The lowest BCUT2D eigenvalue weighted by Gasteiger charge is -2.35. The van der Waals surface area contributed by atoms with Crippen molar-refractivity contribution in [2.75, 3.05) is 7.11 Å². The molecule has 0 heterocycles. The molecular weight excluding hydrogens is 278 g/mol. The monoisotopic (exact) mass is 301 g/mol. The molecule has 4 nitrogen and oxygen atoms in total. The number of aryl methyl sites for hydroxylation is 2. The molecule has 0 bridgehead atoms. The molecule has 4 heteroatoms. The summed E-state index contributed by atoms with van der Waals surface area (Å²) in [6.45, 7) is 0. The molecule has 2 aliphatic rings. The van der Waals surface area contributed by atoms with Crippen LogP contribution in [0.15, 0.2) is 18.2 Å². The van der Waals surface area contributed by atoms with Crippen LogP contribution in [0, 0.1) is 0 Å². The standard InChI is InChI=1S/C18H23NO3/c1-22-17(21)18(10-3-2-4-11-18)19-16(20)15-9-8-13-6-5-7-14(13)12-15/h8-9,12H,2-7,10-11H2,1H3,(H,19,20). The van der Waals surface area contributed by atoms with Gasteiger partial charge in [-0.05, 0) is 55.4 Å². The summed E-state index contributed by atoms with van der Waals surface area (Å²) < 4.78 is 4.95. The van der Waals surface area contributed by atoms with Gasteiger partial charge in [0.25, 0.3) is 5.91 Å². The van der Waals surface area contributed by atoms with Gasteiger partial charge in [-0.1, -0.05) is 25.3 Å². The first-order chi connectivity index (χ1) is 10.6. The molecule has 0 atom stereocenters. The van der Waals surface area contributed by atoms with E-state index in [0.717, 1.165) is 38.5 Å². The number of carbonyl (C=O) groups excluding carboxylic acids is 2. The minimum atomic E-state index is -0.844. The average molecular weight is 301 g/mol. The summed E-state index contributed by atoms with van der Waals surface area (Å²) in [5.41, 5.74) is 2.41. The van der Waals surface area contributed by atoms with Gasteiger partial charge in [0.15, 0.2) is 0 Å².